The second-order valence-electron chi connectivity index (χ2n) is 5.15. The molecule has 2 heterocycles. The Morgan fingerprint density at radius 1 is 1.40 bits per heavy atom. The summed E-state index contributed by atoms with van der Waals surface area (Å²) in [6.07, 6.45) is 4.42. The first kappa shape index (κ1) is 13.1. The van der Waals surface area contributed by atoms with Crippen LogP contribution >= 0.6 is 0 Å². The third kappa shape index (κ3) is 2.55. The highest BCUT2D eigenvalue weighted by Crippen LogP contribution is 2.19. The fourth-order valence-corrected chi connectivity index (χ4v) is 2.58. The third-order valence-corrected chi connectivity index (χ3v) is 3.68. The Kier molecular flexibility index (Phi) is 3.71. The summed E-state index contributed by atoms with van der Waals surface area (Å²) in [6.45, 7) is 1.24. The Bertz CT molecular complexity index is 602. The van der Waals surface area contributed by atoms with Gasteiger partial charge in [0, 0.05) is 23.6 Å². The first-order valence-electron chi connectivity index (χ1n) is 7.00. The van der Waals surface area contributed by atoms with Crippen LogP contribution in [0, 0.1) is 0 Å². The molecule has 1 saturated heterocycles. The highest BCUT2D eigenvalue weighted by atomic mass is 16.7. The number of carbonyl (C=O) groups is 1. The molecule has 1 aliphatic rings. The van der Waals surface area contributed by atoms with Crippen molar-refractivity contribution in [1.82, 2.24) is 10.0 Å². The van der Waals surface area contributed by atoms with Crippen LogP contribution in [0.5, 0.6) is 0 Å². The maximum absolute atomic E-state index is 12.2. The number of fused-ring (bicyclic) bond motifs is 1. The minimum atomic E-state index is -0.563. The lowest BCUT2D eigenvalue weighted by Gasteiger charge is -2.28. The fraction of sp³-hybridized carbons (Fsp3) is 0.400. The molecule has 20 heavy (non-hydrogen) atoms. The van der Waals surface area contributed by atoms with Crippen LogP contribution in [-0.2, 0) is 16.1 Å². The Balaban J connectivity index is 1.71. The van der Waals surface area contributed by atoms with Crippen LogP contribution in [0.4, 0.5) is 0 Å². The molecule has 1 aromatic heterocycles. The number of amides is 1. The molecule has 1 fully saturated rings. The zero-order valence-corrected chi connectivity index (χ0v) is 11.3. The van der Waals surface area contributed by atoms with Crippen LogP contribution in [0.25, 0.3) is 10.9 Å². The molecule has 3 N–H and O–H groups in total. The van der Waals surface area contributed by atoms with Gasteiger partial charge >= 0.3 is 0 Å². The Morgan fingerprint density at radius 3 is 3.05 bits per heavy atom. The minimum absolute atomic E-state index is 0.130. The standard InChI is InChI=1S/C15H19N3O2/c16-13(15(19)18-7-3-4-8-20-18)9-11-10-17-14-6-2-1-5-12(11)14/h1-2,5-6,10,13,17H,3-4,7-9,16H2. The van der Waals surface area contributed by atoms with Crippen LogP contribution in [0.2, 0.25) is 0 Å². The van der Waals surface area contributed by atoms with E-state index in [1.54, 1.807) is 0 Å². The monoisotopic (exact) mass is 273 g/mol. The molecule has 0 aliphatic carbocycles. The number of benzene rings is 1. The van der Waals surface area contributed by atoms with Gasteiger partial charge in [0.15, 0.2) is 0 Å². The molecular formula is C15H19N3O2. The summed E-state index contributed by atoms with van der Waals surface area (Å²) in [6, 6.07) is 7.46. The molecule has 1 aliphatic heterocycles. The van der Waals surface area contributed by atoms with E-state index in [1.807, 2.05) is 30.5 Å². The average molecular weight is 273 g/mol. The van der Waals surface area contributed by atoms with E-state index in [0.29, 0.717) is 19.6 Å². The van der Waals surface area contributed by atoms with E-state index in [1.165, 1.54) is 5.06 Å². The molecule has 0 radical (unpaired) electrons. The number of nitrogens with two attached hydrogens (primary N) is 1. The van der Waals surface area contributed by atoms with Crippen LogP contribution in [0.15, 0.2) is 30.5 Å². The number of hydrogen-bond acceptors (Lipinski definition) is 3. The van der Waals surface area contributed by atoms with Crippen LogP contribution in [0.1, 0.15) is 18.4 Å². The van der Waals surface area contributed by atoms with E-state index < -0.39 is 6.04 Å². The van der Waals surface area contributed by atoms with Crippen molar-refractivity contribution in [2.45, 2.75) is 25.3 Å². The van der Waals surface area contributed by atoms with Gasteiger partial charge < -0.3 is 10.7 Å². The van der Waals surface area contributed by atoms with E-state index in [0.717, 1.165) is 29.3 Å². The highest BCUT2D eigenvalue weighted by Gasteiger charge is 2.24. The van der Waals surface area contributed by atoms with E-state index in [-0.39, 0.29) is 5.91 Å². The first-order valence-corrected chi connectivity index (χ1v) is 7.00. The number of carbonyl (C=O) groups excluding carboxylic acids is 1. The average Bonchev–Trinajstić information content (AvgIpc) is 2.91. The van der Waals surface area contributed by atoms with Crippen molar-refractivity contribution in [2.24, 2.45) is 5.73 Å². The van der Waals surface area contributed by atoms with Crippen molar-refractivity contribution in [1.29, 1.82) is 0 Å². The molecule has 5 nitrogen and oxygen atoms in total. The van der Waals surface area contributed by atoms with Gasteiger partial charge in [-0.1, -0.05) is 18.2 Å². The summed E-state index contributed by atoms with van der Waals surface area (Å²) in [7, 11) is 0. The second kappa shape index (κ2) is 5.64. The molecule has 0 bridgehead atoms. The van der Waals surface area contributed by atoms with Gasteiger partial charge in [-0.05, 0) is 30.9 Å². The number of aromatic nitrogens is 1. The van der Waals surface area contributed by atoms with Gasteiger partial charge in [-0.25, -0.2) is 5.06 Å². The summed E-state index contributed by atoms with van der Waals surface area (Å²) < 4.78 is 0. The van der Waals surface area contributed by atoms with Gasteiger partial charge in [0.05, 0.1) is 12.6 Å². The number of para-hydroxylation sites is 1. The lowest BCUT2D eigenvalue weighted by molar-refractivity contribution is -0.198. The number of hydroxylamine groups is 2. The number of aromatic amines is 1. The molecular weight excluding hydrogens is 254 g/mol. The summed E-state index contributed by atoms with van der Waals surface area (Å²) in [5.74, 6) is -0.130. The van der Waals surface area contributed by atoms with Gasteiger partial charge in [0.25, 0.3) is 5.91 Å². The molecule has 0 saturated carbocycles. The number of rotatable bonds is 3. The van der Waals surface area contributed by atoms with E-state index in [9.17, 15) is 4.79 Å². The van der Waals surface area contributed by atoms with Crippen molar-refractivity contribution < 1.29 is 9.63 Å². The molecule has 1 amide bonds. The Labute approximate surface area is 117 Å². The predicted molar refractivity (Wildman–Crippen MR) is 76.9 cm³/mol. The maximum atomic E-state index is 12.2. The van der Waals surface area contributed by atoms with Gasteiger partial charge in [-0.2, -0.15) is 0 Å². The molecule has 0 spiro atoms. The molecule has 106 valence electrons. The zero-order valence-electron chi connectivity index (χ0n) is 11.3. The number of nitrogens with one attached hydrogen (secondary N) is 1. The quantitative estimate of drug-likeness (QED) is 0.892. The van der Waals surface area contributed by atoms with E-state index in [4.69, 9.17) is 10.6 Å². The lowest BCUT2D eigenvalue weighted by Crippen LogP contribution is -2.46. The molecule has 1 atom stereocenters. The SMILES string of the molecule is NC(Cc1c[nH]c2ccccc12)C(=O)N1CCCCO1. The van der Waals surface area contributed by atoms with Crippen LogP contribution in [-0.4, -0.2) is 35.1 Å². The molecule has 5 heteroatoms. The van der Waals surface area contributed by atoms with Crippen LogP contribution in [0.3, 0.4) is 0 Å². The highest BCUT2D eigenvalue weighted by molar-refractivity contribution is 5.85. The smallest absolute Gasteiger partial charge is 0.263 e. The van der Waals surface area contributed by atoms with Crippen molar-refractivity contribution >= 4 is 16.8 Å². The van der Waals surface area contributed by atoms with E-state index >= 15 is 0 Å². The molecule has 3 rings (SSSR count). The number of H-pyrrole nitrogens is 1. The summed E-state index contributed by atoms with van der Waals surface area (Å²) >= 11 is 0. The van der Waals surface area contributed by atoms with Crippen molar-refractivity contribution in [3.05, 3.63) is 36.0 Å². The molecule has 2 aromatic rings. The third-order valence-electron chi connectivity index (χ3n) is 3.68. The topological polar surface area (TPSA) is 71.4 Å². The van der Waals surface area contributed by atoms with Gasteiger partial charge in [0.2, 0.25) is 0 Å². The van der Waals surface area contributed by atoms with Gasteiger partial charge in [0.1, 0.15) is 0 Å². The Morgan fingerprint density at radius 2 is 2.25 bits per heavy atom. The lowest BCUT2D eigenvalue weighted by atomic mass is 10.0. The zero-order chi connectivity index (χ0) is 13.9. The van der Waals surface area contributed by atoms with Crippen molar-refractivity contribution in [2.75, 3.05) is 13.2 Å². The molecule has 1 unspecified atom stereocenters. The summed E-state index contributed by atoms with van der Waals surface area (Å²) in [4.78, 5) is 20.8. The van der Waals surface area contributed by atoms with E-state index in [2.05, 4.69) is 4.98 Å². The normalized spacial score (nSPS) is 17.4. The van der Waals surface area contributed by atoms with Crippen molar-refractivity contribution in [3.63, 3.8) is 0 Å². The van der Waals surface area contributed by atoms with Gasteiger partial charge in [-0.3, -0.25) is 9.63 Å². The summed E-state index contributed by atoms with van der Waals surface area (Å²) in [5, 5.41) is 2.54. The van der Waals surface area contributed by atoms with Gasteiger partial charge in [-0.15, -0.1) is 0 Å². The van der Waals surface area contributed by atoms with Crippen LogP contribution < -0.4 is 5.73 Å². The largest absolute Gasteiger partial charge is 0.361 e. The number of nitrogens with zero attached hydrogens (tertiary/aromatic N) is 1. The predicted octanol–water partition coefficient (Wildman–Crippen LogP) is 1.59. The summed E-state index contributed by atoms with van der Waals surface area (Å²) in [5.41, 5.74) is 8.18. The molecule has 1 aromatic carbocycles. The maximum Gasteiger partial charge on any atom is 0.263 e. The minimum Gasteiger partial charge on any atom is -0.361 e. The van der Waals surface area contributed by atoms with Crippen molar-refractivity contribution in [3.8, 4) is 0 Å². The first-order chi connectivity index (χ1) is 9.75. The number of hydrogen-bond donors (Lipinski definition) is 2. The Hall–Kier alpha value is -1.85. The fourth-order valence-electron chi connectivity index (χ4n) is 2.58. The second-order valence-corrected chi connectivity index (χ2v) is 5.15.